The van der Waals surface area contributed by atoms with E-state index in [1.807, 2.05) is 6.92 Å². The third-order valence-electron chi connectivity index (χ3n) is 2.42. The van der Waals surface area contributed by atoms with Gasteiger partial charge in [-0.25, -0.2) is 4.98 Å². The summed E-state index contributed by atoms with van der Waals surface area (Å²) in [7, 11) is 1.55. The minimum atomic E-state index is -0.440. The Morgan fingerprint density at radius 3 is 2.77 bits per heavy atom. The second-order valence-corrected chi connectivity index (χ2v) is 3.43. The molecule has 0 radical (unpaired) electrons. The van der Waals surface area contributed by atoms with Crippen LogP contribution in [0.3, 0.4) is 0 Å². The lowest BCUT2D eigenvalue weighted by Gasteiger charge is -2.08. The molecule has 0 aromatic carbocycles. The van der Waals surface area contributed by atoms with Gasteiger partial charge in [-0.15, -0.1) is 0 Å². The molecule has 0 aliphatic heterocycles. The Hall–Kier alpha value is -1.12. The Balaban J connectivity index is 2.47. The molecule has 1 aromatic rings. The number of halogens is 1. The molecule has 1 aliphatic rings. The van der Waals surface area contributed by atoms with E-state index < -0.39 is 5.95 Å². The normalized spacial score (nSPS) is 15.9. The van der Waals surface area contributed by atoms with Crippen LogP contribution in [0.4, 0.5) is 4.39 Å². The van der Waals surface area contributed by atoms with E-state index in [1.54, 1.807) is 7.11 Å². The van der Waals surface area contributed by atoms with Crippen molar-refractivity contribution in [3.8, 4) is 5.75 Å². The topological polar surface area (TPSA) is 22.1 Å². The van der Waals surface area contributed by atoms with Crippen molar-refractivity contribution in [3.05, 3.63) is 23.3 Å². The summed E-state index contributed by atoms with van der Waals surface area (Å²) in [6, 6.07) is 1.33. The molecule has 0 spiro atoms. The molecule has 1 saturated carbocycles. The van der Waals surface area contributed by atoms with Gasteiger partial charge in [0.15, 0.2) is 0 Å². The van der Waals surface area contributed by atoms with Gasteiger partial charge in [-0.1, -0.05) is 0 Å². The number of aromatic nitrogens is 1. The van der Waals surface area contributed by atoms with Gasteiger partial charge >= 0.3 is 0 Å². The molecule has 0 bridgehead atoms. The first kappa shape index (κ1) is 8.48. The molecular formula is C10H12FNO. The Morgan fingerprint density at radius 1 is 1.54 bits per heavy atom. The minimum Gasteiger partial charge on any atom is -0.496 e. The lowest BCUT2D eigenvalue weighted by molar-refractivity contribution is 0.404. The first-order valence-corrected chi connectivity index (χ1v) is 4.43. The highest BCUT2D eigenvalue weighted by Gasteiger charge is 2.28. The van der Waals surface area contributed by atoms with Crippen LogP contribution in [-0.4, -0.2) is 12.1 Å². The van der Waals surface area contributed by atoms with E-state index in [-0.39, 0.29) is 0 Å². The Kier molecular flexibility index (Phi) is 1.94. The van der Waals surface area contributed by atoms with Crippen molar-refractivity contribution < 1.29 is 9.13 Å². The SMILES string of the molecule is COc1cc(F)nc(C2CC2)c1C. The molecule has 1 heterocycles. The number of ether oxygens (including phenoxy) is 1. The van der Waals surface area contributed by atoms with Crippen LogP contribution in [0, 0.1) is 12.9 Å². The minimum absolute atomic E-state index is 0.440. The van der Waals surface area contributed by atoms with Crippen molar-refractivity contribution in [3.63, 3.8) is 0 Å². The van der Waals surface area contributed by atoms with Gasteiger partial charge in [0, 0.05) is 17.5 Å². The van der Waals surface area contributed by atoms with E-state index in [0.717, 1.165) is 24.1 Å². The van der Waals surface area contributed by atoms with Gasteiger partial charge in [0.25, 0.3) is 0 Å². The summed E-state index contributed by atoms with van der Waals surface area (Å²) in [6.07, 6.45) is 2.25. The third kappa shape index (κ3) is 1.50. The van der Waals surface area contributed by atoms with Gasteiger partial charge in [-0.3, -0.25) is 0 Å². The summed E-state index contributed by atoms with van der Waals surface area (Å²) < 4.78 is 18.1. The highest BCUT2D eigenvalue weighted by Crippen LogP contribution is 2.42. The average Bonchev–Trinajstić information content (AvgIpc) is 2.91. The maximum atomic E-state index is 13.0. The van der Waals surface area contributed by atoms with Crippen LogP contribution in [-0.2, 0) is 0 Å². The van der Waals surface area contributed by atoms with Gasteiger partial charge in [0.2, 0.25) is 5.95 Å². The maximum Gasteiger partial charge on any atom is 0.216 e. The number of rotatable bonds is 2. The summed E-state index contributed by atoms with van der Waals surface area (Å²) in [6.45, 7) is 1.93. The van der Waals surface area contributed by atoms with E-state index >= 15 is 0 Å². The standard InChI is InChI=1S/C10H12FNO/c1-6-8(13-2)5-9(11)12-10(6)7-3-4-7/h5,7H,3-4H2,1-2H3. The lowest BCUT2D eigenvalue weighted by Crippen LogP contribution is -1.98. The smallest absolute Gasteiger partial charge is 0.216 e. The van der Waals surface area contributed by atoms with Crippen LogP contribution >= 0.6 is 0 Å². The van der Waals surface area contributed by atoms with Crippen LogP contribution in [0.15, 0.2) is 6.07 Å². The van der Waals surface area contributed by atoms with Gasteiger partial charge in [-0.05, 0) is 19.8 Å². The summed E-state index contributed by atoms with van der Waals surface area (Å²) >= 11 is 0. The van der Waals surface area contributed by atoms with E-state index in [1.165, 1.54) is 6.07 Å². The van der Waals surface area contributed by atoms with Crippen LogP contribution in [0.2, 0.25) is 0 Å². The third-order valence-corrected chi connectivity index (χ3v) is 2.42. The fraction of sp³-hybridized carbons (Fsp3) is 0.500. The van der Waals surface area contributed by atoms with Gasteiger partial charge < -0.3 is 4.74 Å². The Morgan fingerprint density at radius 2 is 2.23 bits per heavy atom. The second-order valence-electron chi connectivity index (χ2n) is 3.43. The number of hydrogen-bond donors (Lipinski definition) is 0. The van der Waals surface area contributed by atoms with Crippen molar-refractivity contribution in [2.75, 3.05) is 7.11 Å². The number of methoxy groups -OCH3 is 1. The van der Waals surface area contributed by atoms with E-state index in [0.29, 0.717) is 11.7 Å². The number of pyridine rings is 1. The molecule has 1 aliphatic carbocycles. The predicted molar refractivity (Wildman–Crippen MR) is 47.5 cm³/mol. The quantitative estimate of drug-likeness (QED) is 0.653. The summed E-state index contributed by atoms with van der Waals surface area (Å²) in [5.41, 5.74) is 1.85. The summed E-state index contributed by atoms with van der Waals surface area (Å²) in [5, 5.41) is 0. The van der Waals surface area contributed by atoms with Crippen LogP contribution in [0.25, 0.3) is 0 Å². The van der Waals surface area contributed by atoms with Gasteiger partial charge in [-0.2, -0.15) is 4.39 Å². The summed E-state index contributed by atoms with van der Waals surface area (Å²) in [5.74, 6) is 0.628. The lowest BCUT2D eigenvalue weighted by atomic mass is 10.1. The maximum absolute atomic E-state index is 13.0. The van der Waals surface area contributed by atoms with Crippen LogP contribution in [0.5, 0.6) is 5.75 Å². The molecule has 0 N–H and O–H groups in total. The van der Waals surface area contributed by atoms with Crippen LogP contribution < -0.4 is 4.74 Å². The molecule has 0 amide bonds. The molecule has 1 fully saturated rings. The fourth-order valence-corrected chi connectivity index (χ4v) is 1.54. The largest absolute Gasteiger partial charge is 0.496 e. The van der Waals surface area contributed by atoms with E-state index in [2.05, 4.69) is 4.98 Å². The fourth-order valence-electron chi connectivity index (χ4n) is 1.54. The first-order valence-electron chi connectivity index (χ1n) is 4.43. The van der Waals surface area contributed by atoms with Gasteiger partial charge in [0.05, 0.1) is 12.8 Å². The zero-order valence-corrected chi connectivity index (χ0v) is 7.80. The zero-order chi connectivity index (χ0) is 9.42. The molecule has 1 aromatic heterocycles. The predicted octanol–water partition coefficient (Wildman–Crippen LogP) is 2.42. The second kappa shape index (κ2) is 2.98. The van der Waals surface area contributed by atoms with Crippen molar-refractivity contribution in [1.29, 1.82) is 0 Å². The average molecular weight is 181 g/mol. The van der Waals surface area contributed by atoms with Crippen LogP contribution in [0.1, 0.15) is 30.0 Å². The summed E-state index contributed by atoms with van der Waals surface area (Å²) in [4.78, 5) is 3.90. The Labute approximate surface area is 76.7 Å². The highest BCUT2D eigenvalue weighted by atomic mass is 19.1. The molecule has 13 heavy (non-hydrogen) atoms. The van der Waals surface area contributed by atoms with Crippen molar-refractivity contribution >= 4 is 0 Å². The molecule has 0 saturated heterocycles. The number of nitrogens with zero attached hydrogens (tertiary/aromatic N) is 1. The Bertz CT molecular complexity index is 334. The van der Waals surface area contributed by atoms with Crippen molar-refractivity contribution in [1.82, 2.24) is 4.98 Å². The monoisotopic (exact) mass is 181 g/mol. The molecule has 70 valence electrons. The van der Waals surface area contributed by atoms with Crippen molar-refractivity contribution in [2.45, 2.75) is 25.7 Å². The van der Waals surface area contributed by atoms with Gasteiger partial charge in [0.1, 0.15) is 5.75 Å². The zero-order valence-electron chi connectivity index (χ0n) is 7.80. The molecule has 0 unspecified atom stereocenters. The number of hydrogen-bond acceptors (Lipinski definition) is 2. The molecule has 0 atom stereocenters. The van der Waals surface area contributed by atoms with E-state index in [9.17, 15) is 4.39 Å². The van der Waals surface area contributed by atoms with Crippen molar-refractivity contribution in [2.24, 2.45) is 0 Å². The van der Waals surface area contributed by atoms with E-state index in [4.69, 9.17) is 4.74 Å². The first-order chi connectivity index (χ1) is 6.22. The molecular weight excluding hydrogens is 169 g/mol. The highest BCUT2D eigenvalue weighted by molar-refractivity contribution is 5.38. The molecule has 2 nitrogen and oxygen atoms in total. The molecule has 3 heteroatoms. The molecule has 2 rings (SSSR count).